The van der Waals surface area contributed by atoms with E-state index >= 15 is 0 Å². The predicted molar refractivity (Wildman–Crippen MR) is 44.2 cm³/mol. The van der Waals surface area contributed by atoms with Gasteiger partial charge in [-0.1, -0.05) is 6.08 Å². The average Bonchev–Trinajstić information content (AvgIpc) is 2.00. The van der Waals surface area contributed by atoms with E-state index in [-0.39, 0.29) is 11.5 Å². The van der Waals surface area contributed by atoms with Crippen LogP contribution < -0.4 is 0 Å². The first-order valence-electron chi connectivity index (χ1n) is 3.46. The van der Waals surface area contributed by atoms with Crippen LogP contribution in [0.25, 0.3) is 0 Å². The van der Waals surface area contributed by atoms with Gasteiger partial charge in [0.1, 0.15) is 5.76 Å². The van der Waals surface area contributed by atoms with Gasteiger partial charge in [-0.25, -0.2) is 0 Å². The van der Waals surface area contributed by atoms with E-state index in [2.05, 4.69) is 16.4 Å². The number of ether oxygens (including phenoxy) is 1. The molecule has 0 atom stereocenters. The van der Waals surface area contributed by atoms with E-state index < -0.39 is 6.36 Å². The van der Waals surface area contributed by atoms with Gasteiger partial charge in [-0.05, 0) is 26.6 Å². The highest BCUT2D eigenvalue weighted by Crippen LogP contribution is 2.23. The van der Waals surface area contributed by atoms with Crippen LogP contribution in [-0.2, 0) is 4.74 Å². The number of alkyl halides is 3. The molecule has 0 saturated heterocycles. The minimum Gasteiger partial charge on any atom is -0.404 e. The highest BCUT2D eigenvalue weighted by atomic mass is 19.4. The highest BCUT2D eigenvalue weighted by molar-refractivity contribution is 5.31. The number of nitrogens with zero attached hydrogens (tertiary/aromatic N) is 1. The SMILES string of the molecule is C=N/C(C)=C(\C=C/C)OC(F)(F)F. The third-order valence-corrected chi connectivity index (χ3v) is 1.14. The maximum Gasteiger partial charge on any atom is 0.573 e. The van der Waals surface area contributed by atoms with Crippen LogP contribution in [-0.4, -0.2) is 13.1 Å². The van der Waals surface area contributed by atoms with Gasteiger partial charge in [0, 0.05) is 0 Å². The molecule has 0 aliphatic heterocycles. The van der Waals surface area contributed by atoms with Crippen LogP contribution >= 0.6 is 0 Å². The lowest BCUT2D eigenvalue weighted by molar-refractivity contribution is -0.303. The molecule has 0 aromatic rings. The molecule has 13 heavy (non-hydrogen) atoms. The molecule has 0 radical (unpaired) electrons. The molecule has 0 bridgehead atoms. The molecule has 5 heteroatoms. The van der Waals surface area contributed by atoms with Gasteiger partial charge in [0.25, 0.3) is 0 Å². The smallest absolute Gasteiger partial charge is 0.404 e. The molecule has 0 aliphatic carbocycles. The summed E-state index contributed by atoms with van der Waals surface area (Å²) in [7, 11) is 0. The van der Waals surface area contributed by atoms with Crippen LogP contribution in [0.4, 0.5) is 13.2 Å². The summed E-state index contributed by atoms with van der Waals surface area (Å²) in [5.41, 5.74) is 0.0930. The Hall–Kier alpha value is -1.26. The van der Waals surface area contributed by atoms with E-state index in [0.29, 0.717) is 0 Å². The van der Waals surface area contributed by atoms with Crippen molar-refractivity contribution in [3.05, 3.63) is 23.6 Å². The van der Waals surface area contributed by atoms with Gasteiger partial charge < -0.3 is 4.74 Å². The molecule has 0 aliphatic rings. The average molecular weight is 193 g/mol. The van der Waals surface area contributed by atoms with Crippen molar-refractivity contribution in [1.29, 1.82) is 0 Å². The second-order valence-corrected chi connectivity index (χ2v) is 2.16. The Bertz CT molecular complexity index is 240. The zero-order chi connectivity index (χ0) is 10.5. The monoisotopic (exact) mass is 193 g/mol. The van der Waals surface area contributed by atoms with E-state index in [1.54, 1.807) is 6.92 Å². The Morgan fingerprint density at radius 2 is 2.00 bits per heavy atom. The van der Waals surface area contributed by atoms with Crippen molar-refractivity contribution in [2.45, 2.75) is 20.2 Å². The lowest BCUT2D eigenvalue weighted by Gasteiger charge is -2.10. The minimum atomic E-state index is -4.69. The maximum atomic E-state index is 11.8. The molecule has 0 aromatic carbocycles. The Morgan fingerprint density at radius 1 is 1.46 bits per heavy atom. The van der Waals surface area contributed by atoms with E-state index in [1.165, 1.54) is 19.1 Å². The zero-order valence-corrected chi connectivity index (χ0v) is 7.35. The molecule has 74 valence electrons. The fourth-order valence-electron chi connectivity index (χ4n) is 0.582. The Morgan fingerprint density at radius 3 is 2.31 bits per heavy atom. The third-order valence-electron chi connectivity index (χ3n) is 1.14. The van der Waals surface area contributed by atoms with Gasteiger partial charge in [0.05, 0.1) is 5.70 Å². The summed E-state index contributed by atoms with van der Waals surface area (Å²) in [5, 5.41) is 0. The van der Waals surface area contributed by atoms with E-state index in [9.17, 15) is 13.2 Å². The minimum absolute atomic E-state index is 0.0930. The molecule has 0 amide bonds. The molecule has 0 heterocycles. The third kappa shape index (κ3) is 5.05. The number of allylic oxidation sites excluding steroid dienone is 3. The predicted octanol–water partition coefficient (Wildman–Crippen LogP) is 3.03. The van der Waals surface area contributed by atoms with Crippen molar-refractivity contribution >= 4 is 6.72 Å². The molecule has 0 rings (SSSR count). The normalized spacial score (nSPS) is 14.2. The van der Waals surface area contributed by atoms with E-state index in [0.717, 1.165) is 0 Å². The molecule has 0 spiro atoms. The number of halogens is 3. The standard InChI is InChI=1S/C8H10F3NO/c1-4-5-7(6(2)12-3)13-8(9,10)11/h4-5H,3H2,1-2H3/b5-4-,7-6+. The molecular formula is C8H10F3NO. The van der Waals surface area contributed by atoms with Crippen LogP contribution in [0, 0.1) is 0 Å². The number of hydrogen-bond donors (Lipinski definition) is 0. The van der Waals surface area contributed by atoms with Crippen molar-refractivity contribution < 1.29 is 17.9 Å². The van der Waals surface area contributed by atoms with Crippen LogP contribution in [0.5, 0.6) is 0 Å². The van der Waals surface area contributed by atoms with Crippen molar-refractivity contribution in [2.75, 3.05) is 0 Å². The Balaban J connectivity index is 4.74. The molecule has 0 fully saturated rings. The largest absolute Gasteiger partial charge is 0.573 e. The van der Waals surface area contributed by atoms with Gasteiger partial charge in [-0.3, -0.25) is 4.99 Å². The van der Waals surface area contributed by atoms with E-state index in [4.69, 9.17) is 0 Å². The lowest BCUT2D eigenvalue weighted by atomic mass is 10.3. The fourth-order valence-corrected chi connectivity index (χ4v) is 0.582. The van der Waals surface area contributed by atoms with Crippen LogP contribution in [0.2, 0.25) is 0 Å². The van der Waals surface area contributed by atoms with Crippen LogP contribution in [0.3, 0.4) is 0 Å². The molecule has 0 saturated carbocycles. The number of hydrogen-bond acceptors (Lipinski definition) is 2. The summed E-state index contributed by atoms with van der Waals surface area (Å²) in [5.74, 6) is -0.343. The van der Waals surface area contributed by atoms with Crippen molar-refractivity contribution in [3.8, 4) is 0 Å². The molecular weight excluding hydrogens is 183 g/mol. The van der Waals surface area contributed by atoms with Gasteiger partial charge in [-0.15, -0.1) is 13.2 Å². The van der Waals surface area contributed by atoms with Gasteiger partial charge in [0.15, 0.2) is 0 Å². The van der Waals surface area contributed by atoms with Crippen molar-refractivity contribution in [1.82, 2.24) is 0 Å². The Kier molecular flexibility index (Phi) is 4.23. The molecule has 0 aromatic heterocycles. The summed E-state index contributed by atoms with van der Waals surface area (Å²) in [4.78, 5) is 3.34. The summed E-state index contributed by atoms with van der Waals surface area (Å²) in [6.07, 6.45) is -2.09. The number of aliphatic imine (C=N–C) groups is 1. The first-order chi connectivity index (χ1) is 5.90. The van der Waals surface area contributed by atoms with Crippen molar-refractivity contribution in [3.63, 3.8) is 0 Å². The van der Waals surface area contributed by atoms with E-state index in [1.807, 2.05) is 0 Å². The Labute approximate surface area is 74.4 Å². The van der Waals surface area contributed by atoms with Gasteiger partial charge >= 0.3 is 6.36 Å². The van der Waals surface area contributed by atoms with Crippen molar-refractivity contribution in [2.24, 2.45) is 4.99 Å². The first kappa shape index (κ1) is 11.7. The lowest BCUT2D eigenvalue weighted by Crippen LogP contribution is -2.12. The molecule has 2 nitrogen and oxygen atoms in total. The highest BCUT2D eigenvalue weighted by Gasteiger charge is 2.32. The quantitative estimate of drug-likeness (QED) is 0.383. The second kappa shape index (κ2) is 4.69. The summed E-state index contributed by atoms with van der Waals surface area (Å²) in [6.45, 7) is 6.07. The molecule has 0 unspecified atom stereocenters. The summed E-state index contributed by atoms with van der Waals surface area (Å²) < 4.78 is 39.0. The van der Waals surface area contributed by atoms with Gasteiger partial charge in [0.2, 0.25) is 0 Å². The van der Waals surface area contributed by atoms with Crippen LogP contribution in [0.1, 0.15) is 13.8 Å². The molecule has 0 N–H and O–H groups in total. The fraction of sp³-hybridized carbons (Fsp3) is 0.375. The zero-order valence-electron chi connectivity index (χ0n) is 7.35. The number of rotatable bonds is 3. The second-order valence-electron chi connectivity index (χ2n) is 2.16. The first-order valence-corrected chi connectivity index (χ1v) is 3.46. The van der Waals surface area contributed by atoms with Gasteiger partial charge in [-0.2, -0.15) is 0 Å². The summed E-state index contributed by atoms with van der Waals surface area (Å²) in [6, 6.07) is 0. The summed E-state index contributed by atoms with van der Waals surface area (Å²) >= 11 is 0. The van der Waals surface area contributed by atoms with Crippen LogP contribution in [0.15, 0.2) is 28.6 Å². The maximum absolute atomic E-state index is 11.8. The topological polar surface area (TPSA) is 21.6 Å².